The van der Waals surface area contributed by atoms with Crippen LogP contribution in [0.25, 0.3) is 0 Å². The van der Waals surface area contributed by atoms with Crippen LogP contribution in [0.4, 0.5) is 5.69 Å². The fourth-order valence-electron chi connectivity index (χ4n) is 2.08. The lowest BCUT2D eigenvalue weighted by Gasteiger charge is -2.23. The van der Waals surface area contributed by atoms with Crippen LogP contribution in [0.5, 0.6) is 0 Å². The molecule has 3 nitrogen and oxygen atoms in total. The Morgan fingerprint density at radius 2 is 1.76 bits per heavy atom. The van der Waals surface area contributed by atoms with Crippen molar-refractivity contribution in [2.75, 3.05) is 39.1 Å². The number of anilines is 1. The van der Waals surface area contributed by atoms with E-state index >= 15 is 0 Å². The highest BCUT2D eigenvalue weighted by atomic mass is 35.5. The van der Waals surface area contributed by atoms with Gasteiger partial charge in [0.2, 0.25) is 0 Å². The van der Waals surface area contributed by atoms with E-state index < -0.39 is 0 Å². The third-order valence-electron chi connectivity index (χ3n) is 3.35. The summed E-state index contributed by atoms with van der Waals surface area (Å²) in [5.74, 6) is 0. The van der Waals surface area contributed by atoms with Crippen molar-refractivity contribution in [1.29, 1.82) is 0 Å². The second-order valence-electron chi connectivity index (χ2n) is 6.97. The van der Waals surface area contributed by atoms with E-state index in [1.165, 1.54) is 5.56 Å². The first-order valence-electron chi connectivity index (χ1n) is 7.58. The van der Waals surface area contributed by atoms with Crippen molar-refractivity contribution in [3.05, 3.63) is 28.8 Å². The summed E-state index contributed by atoms with van der Waals surface area (Å²) < 4.78 is 0. The van der Waals surface area contributed by atoms with Crippen molar-refractivity contribution in [2.45, 2.75) is 39.3 Å². The highest BCUT2D eigenvalue weighted by molar-refractivity contribution is 6.33. The third-order valence-corrected chi connectivity index (χ3v) is 3.65. The highest BCUT2D eigenvalue weighted by Gasteiger charge is 2.10. The lowest BCUT2D eigenvalue weighted by Crippen LogP contribution is -2.35. The van der Waals surface area contributed by atoms with Crippen molar-refractivity contribution in [3.63, 3.8) is 0 Å². The van der Waals surface area contributed by atoms with Gasteiger partial charge in [0.1, 0.15) is 0 Å². The molecule has 0 aliphatic rings. The number of rotatable bonds is 7. The van der Waals surface area contributed by atoms with Crippen LogP contribution in [0.3, 0.4) is 0 Å². The summed E-state index contributed by atoms with van der Waals surface area (Å²) >= 11 is 6.44. The van der Waals surface area contributed by atoms with Crippen LogP contribution in [0, 0.1) is 0 Å². The van der Waals surface area contributed by atoms with Gasteiger partial charge in [-0.1, -0.05) is 17.7 Å². The van der Waals surface area contributed by atoms with E-state index in [1.807, 2.05) is 0 Å². The standard InChI is InChI=1S/C17H30ClN3/c1-17(2,3)19-13-14-8-9-16(15(18)12-14)21(6)11-7-10-20(4)5/h8-9,12,19H,7,10-11,13H2,1-6H3. The van der Waals surface area contributed by atoms with Crippen LogP contribution in [0.15, 0.2) is 18.2 Å². The Balaban J connectivity index is 2.60. The van der Waals surface area contributed by atoms with Crippen LogP contribution in [0.2, 0.25) is 5.02 Å². The molecule has 0 heterocycles. The van der Waals surface area contributed by atoms with Crippen LogP contribution < -0.4 is 10.2 Å². The number of benzene rings is 1. The van der Waals surface area contributed by atoms with Crippen molar-refractivity contribution in [1.82, 2.24) is 10.2 Å². The first-order valence-corrected chi connectivity index (χ1v) is 7.96. The van der Waals surface area contributed by atoms with Crippen LogP contribution in [-0.2, 0) is 6.54 Å². The minimum atomic E-state index is 0.119. The molecule has 0 saturated carbocycles. The fraction of sp³-hybridized carbons (Fsp3) is 0.647. The van der Waals surface area contributed by atoms with Crippen molar-refractivity contribution >= 4 is 17.3 Å². The van der Waals surface area contributed by atoms with Gasteiger partial charge in [0.15, 0.2) is 0 Å². The first-order chi connectivity index (χ1) is 9.69. The normalized spacial score (nSPS) is 12.0. The molecule has 0 unspecified atom stereocenters. The highest BCUT2D eigenvalue weighted by Crippen LogP contribution is 2.26. The van der Waals surface area contributed by atoms with E-state index in [-0.39, 0.29) is 5.54 Å². The van der Waals surface area contributed by atoms with Gasteiger partial charge in [0, 0.05) is 25.7 Å². The molecule has 4 heteroatoms. The third kappa shape index (κ3) is 7.16. The molecule has 0 saturated heterocycles. The van der Waals surface area contributed by atoms with Crippen molar-refractivity contribution in [3.8, 4) is 0 Å². The van der Waals surface area contributed by atoms with Crippen LogP contribution in [-0.4, -0.2) is 44.7 Å². The maximum Gasteiger partial charge on any atom is 0.0642 e. The second kappa shape index (κ2) is 8.02. The smallest absolute Gasteiger partial charge is 0.0642 e. The van der Waals surface area contributed by atoms with Gasteiger partial charge in [-0.25, -0.2) is 0 Å². The van der Waals surface area contributed by atoms with Crippen molar-refractivity contribution < 1.29 is 0 Å². The summed E-state index contributed by atoms with van der Waals surface area (Å²) in [5.41, 5.74) is 2.45. The summed E-state index contributed by atoms with van der Waals surface area (Å²) in [4.78, 5) is 4.43. The van der Waals surface area contributed by atoms with E-state index in [0.29, 0.717) is 0 Å². The summed E-state index contributed by atoms with van der Waals surface area (Å²) in [5, 5.41) is 4.31. The van der Waals surface area contributed by atoms with Crippen LogP contribution in [0.1, 0.15) is 32.8 Å². The minimum absolute atomic E-state index is 0.119. The Labute approximate surface area is 135 Å². The molecular weight excluding hydrogens is 282 g/mol. The SMILES string of the molecule is CN(C)CCCN(C)c1ccc(CNC(C)(C)C)cc1Cl. The van der Waals surface area contributed by atoms with Gasteiger partial charge < -0.3 is 15.1 Å². The molecule has 1 rings (SSSR count). The van der Waals surface area contributed by atoms with E-state index in [9.17, 15) is 0 Å². The molecule has 0 aromatic heterocycles. The molecule has 1 aromatic carbocycles. The first kappa shape index (κ1) is 18.3. The monoisotopic (exact) mass is 311 g/mol. The van der Waals surface area contributed by atoms with Gasteiger partial charge in [-0.3, -0.25) is 0 Å². The Kier molecular flexibility index (Phi) is 6.98. The lowest BCUT2D eigenvalue weighted by atomic mass is 10.1. The molecule has 0 spiro atoms. The largest absolute Gasteiger partial charge is 0.373 e. The fourth-order valence-corrected chi connectivity index (χ4v) is 2.43. The van der Waals surface area contributed by atoms with Gasteiger partial charge >= 0.3 is 0 Å². The Bertz CT molecular complexity index is 438. The minimum Gasteiger partial charge on any atom is -0.373 e. The summed E-state index contributed by atoms with van der Waals surface area (Å²) in [6.07, 6.45) is 1.13. The Morgan fingerprint density at radius 3 is 2.29 bits per heavy atom. The van der Waals surface area contributed by atoms with E-state index in [4.69, 9.17) is 11.6 Å². The zero-order chi connectivity index (χ0) is 16.0. The van der Waals surface area contributed by atoms with Gasteiger partial charge in [0.05, 0.1) is 10.7 Å². The average molecular weight is 312 g/mol. The summed E-state index contributed by atoms with van der Waals surface area (Å²) in [6.45, 7) is 9.45. The molecule has 0 fully saturated rings. The molecule has 1 N–H and O–H groups in total. The average Bonchev–Trinajstić information content (AvgIpc) is 2.35. The van der Waals surface area contributed by atoms with Crippen molar-refractivity contribution in [2.24, 2.45) is 0 Å². The van der Waals surface area contributed by atoms with Crippen LogP contribution >= 0.6 is 11.6 Å². The molecule has 21 heavy (non-hydrogen) atoms. The molecule has 0 amide bonds. The molecule has 0 aliphatic carbocycles. The number of hydrogen-bond acceptors (Lipinski definition) is 3. The van der Waals surface area contributed by atoms with E-state index in [2.05, 4.69) is 75.2 Å². The van der Waals surface area contributed by atoms with Gasteiger partial charge in [0.25, 0.3) is 0 Å². The molecule has 0 aliphatic heterocycles. The molecular formula is C17H30ClN3. The number of hydrogen-bond donors (Lipinski definition) is 1. The van der Waals surface area contributed by atoms with E-state index in [1.54, 1.807) is 0 Å². The molecule has 120 valence electrons. The number of nitrogens with zero attached hydrogens (tertiary/aromatic N) is 2. The number of nitrogens with one attached hydrogen (secondary N) is 1. The number of halogens is 1. The van der Waals surface area contributed by atoms with Gasteiger partial charge in [-0.15, -0.1) is 0 Å². The predicted molar refractivity (Wildman–Crippen MR) is 94.5 cm³/mol. The lowest BCUT2D eigenvalue weighted by molar-refractivity contribution is 0.401. The maximum absolute atomic E-state index is 6.44. The summed E-state index contributed by atoms with van der Waals surface area (Å²) in [7, 11) is 6.30. The Morgan fingerprint density at radius 1 is 1.10 bits per heavy atom. The maximum atomic E-state index is 6.44. The Hall–Kier alpha value is -0.770. The van der Waals surface area contributed by atoms with E-state index in [0.717, 1.165) is 36.8 Å². The molecule has 0 bridgehead atoms. The topological polar surface area (TPSA) is 18.5 Å². The quantitative estimate of drug-likeness (QED) is 0.830. The molecule has 1 aromatic rings. The zero-order valence-corrected chi connectivity index (χ0v) is 15.1. The zero-order valence-electron chi connectivity index (χ0n) is 14.3. The second-order valence-corrected chi connectivity index (χ2v) is 7.37. The van der Waals surface area contributed by atoms with Gasteiger partial charge in [-0.2, -0.15) is 0 Å². The van der Waals surface area contributed by atoms with Gasteiger partial charge in [-0.05, 0) is 65.5 Å². The molecule has 0 atom stereocenters. The molecule has 0 radical (unpaired) electrons. The summed E-state index contributed by atoms with van der Waals surface area (Å²) in [6, 6.07) is 6.35. The predicted octanol–water partition coefficient (Wildman–Crippen LogP) is 3.62.